The minimum absolute atomic E-state index is 0.205. The van der Waals surface area contributed by atoms with Crippen molar-refractivity contribution in [2.24, 2.45) is 11.7 Å². The molecule has 0 radical (unpaired) electrons. The Kier molecular flexibility index (Phi) is 5.68. The van der Waals surface area contributed by atoms with Gasteiger partial charge >= 0.3 is 11.8 Å². The average Bonchev–Trinajstić information content (AvgIpc) is 2.71. The summed E-state index contributed by atoms with van der Waals surface area (Å²) in [4.78, 5) is 43.1. The Morgan fingerprint density at radius 1 is 1.24 bits per heavy atom. The number of anilines is 1. The normalized spacial score (nSPS) is 21.5. The maximum atomic E-state index is 13.1. The van der Waals surface area contributed by atoms with Crippen molar-refractivity contribution in [1.29, 1.82) is 0 Å². The summed E-state index contributed by atoms with van der Waals surface area (Å²) in [5.41, 5.74) is 6.70. The minimum Gasteiger partial charge on any atom is -0.366 e. The maximum Gasteiger partial charge on any atom is 0.313 e. The van der Waals surface area contributed by atoms with Gasteiger partial charge in [0.05, 0.1) is 28.7 Å². The van der Waals surface area contributed by atoms with E-state index in [4.69, 9.17) is 5.73 Å². The predicted molar refractivity (Wildman–Crippen MR) is 110 cm³/mol. The average molecular weight is 394 g/mol. The third-order valence-electron chi connectivity index (χ3n) is 5.66. The molecule has 0 saturated carbocycles. The van der Waals surface area contributed by atoms with E-state index in [1.807, 2.05) is 37.3 Å². The number of hydrogen-bond donors (Lipinski definition) is 2. The van der Waals surface area contributed by atoms with Gasteiger partial charge in [0.1, 0.15) is 0 Å². The molecule has 1 aromatic carbocycles. The number of amides is 3. The lowest BCUT2D eigenvalue weighted by Gasteiger charge is -2.47. The first-order chi connectivity index (χ1) is 13.7. The Labute approximate surface area is 170 Å². The molecule has 0 unspecified atom stereocenters. The highest BCUT2D eigenvalue weighted by molar-refractivity contribution is 6.39. The molecule has 1 saturated heterocycles. The van der Waals surface area contributed by atoms with Crippen LogP contribution in [-0.4, -0.2) is 34.2 Å². The number of likely N-dealkylation sites (tertiary alicyclic amines) is 1. The van der Waals surface area contributed by atoms with Gasteiger partial charge in [-0.1, -0.05) is 37.3 Å². The van der Waals surface area contributed by atoms with Crippen molar-refractivity contribution in [3.05, 3.63) is 59.4 Å². The fraction of sp³-hybridized carbons (Fsp3) is 0.364. The van der Waals surface area contributed by atoms with Crippen molar-refractivity contribution in [2.75, 3.05) is 11.9 Å². The lowest BCUT2D eigenvalue weighted by atomic mass is 9.79. The van der Waals surface area contributed by atoms with Gasteiger partial charge in [-0.25, -0.2) is 0 Å². The first-order valence-corrected chi connectivity index (χ1v) is 9.67. The van der Waals surface area contributed by atoms with Crippen LogP contribution in [0, 0.1) is 12.8 Å². The Bertz CT molecular complexity index is 944. The van der Waals surface area contributed by atoms with Crippen molar-refractivity contribution >= 4 is 23.4 Å². The second-order valence-corrected chi connectivity index (χ2v) is 7.87. The summed E-state index contributed by atoms with van der Waals surface area (Å²) in [6.45, 7) is 6.22. The standard InChI is InChI=1S/C22H26N4O3/c1-14-9-10-22(3,16-7-5-4-6-8-16)26(13-14)21(29)20(28)25-17-11-18(19(23)27)15(2)24-12-17/h4-8,11-12,14H,9-10,13H2,1-3H3,(H2,23,27)(H,25,28)/t14-,22-/m0/s1. The molecule has 7 heteroatoms. The lowest BCUT2D eigenvalue weighted by Crippen LogP contribution is -2.55. The first kappa shape index (κ1) is 20.5. The van der Waals surface area contributed by atoms with Gasteiger partial charge in [-0.15, -0.1) is 0 Å². The van der Waals surface area contributed by atoms with Crippen molar-refractivity contribution in [1.82, 2.24) is 9.88 Å². The summed E-state index contributed by atoms with van der Waals surface area (Å²) in [5.74, 6) is -1.71. The van der Waals surface area contributed by atoms with E-state index in [2.05, 4.69) is 17.2 Å². The number of nitrogens with zero attached hydrogens (tertiary/aromatic N) is 2. The number of carbonyl (C=O) groups is 3. The Hall–Kier alpha value is -3.22. The van der Waals surface area contributed by atoms with E-state index in [9.17, 15) is 14.4 Å². The minimum atomic E-state index is -0.762. The molecule has 0 spiro atoms. The molecule has 3 amide bonds. The van der Waals surface area contributed by atoms with Crippen LogP contribution in [0.5, 0.6) is 0 Å². The van der Waals surface area contributed by atoms with Gasteiger partial charge in [-0.05, 0) is 44.2 Å². The highest BCUT2D eigenvalue weighted by Gasteiger charge is 2.42. The van der Waals surface area contributed by atoms with Crippen LogP contribution in [0.3, 0.4) is 0 Å². The molecular weight excluding hydrogens is 368 g/mol. The van der Waals surface area contributed by atoms with E-state index in [1.54, 1.807) is 11.8 Å². The van der Waals surface area contributed by atoms with Gasteiger partial charge in [0.25, 0.3) is 5.91 Å². The molecule has 1 aliphatic heterocycles. The second kappa shape index (κ2) is 8.03. The number of nitrogens with two attached hydrogens (primary N) is 1. The van der Waals surface area contributed by atoms with Crippen LogP contribution in [0.2, 0.25) is 0 Å². The van der Waals surface area contributed by atoms with Crippen LogP contribution in [-0.2, 0) is 15.1 Å². The van der Waals surface area contributed by atoms with E-state index in [0.29, 0.717) is 18.2 Å². The van der Waals surface area contributed by atoms with Crippen molar-refractivity contribution in [2.45, 2.75) is 39.2 Å². The molecule has 0 bridgehead atoms. The zero-order chi connectivity index (χ0) is 21.2. The molecule has 1 aliphatic rings. The summed E-state index contributed by atoms with van der Waals surface area (Å²) in [7, 11) is 0. The van der Waals surface area contributed by atoms with Crippen LogP contribution in [0.25, 0.3) is 0 Å². The number of pyridine rings is 1. The third-order valence-corrected chi connectivity index (χ3v) is 5.66. The molecule has 1 aromatic heterocycles. The van der Waals surface area contributed by atoms with Crippen LogP contribution in [0.1, 0.15) is 48.3 Å². The maximum absolute atomic E-state index is 13.1. The number of hydrogen-bond acceptors (Lipinski definition) is 4. The fourth-order valence-corrected chi connectivity index (χ4v) is 3.83. The van der Waals surface area contributed by atoms with Gasteiger partial charge in [0.15, 0.2) is 0 Å². The number of carbonyl (C=O) groups excluding carboxylic acids is 3. The molecule has 152 valence electrons. The number of piperidine rings is 1. The van der Waals surface area contributed by atoms with Crippen LogP contribution < -0.4 is 11.1 Å². The van der Waals surface area contributed by atoms with E-state index in [1.165, 1.54) is 12.3 Å². The second-order valence-electron chi connectivity index (χ2n) is 7.87. The van der Waals surface area contributed by atoms with E-state index in [-0.39, 0.29) is 11.3 Å². The largest absolute Gasteiger partial charge is 0.366 e. The summed E-state index contributed by atoms with van der Waals surface area (Å²) in [5, 5.41) is 2.57. The highest BCUT2D eigenvalue weighted by Crippen LogP contribution is 2.39. The Balaban J connectivity index is 1.86. The smallest absolute Gasteiger partial charge is 0.313 e. The molecule has 2 aromatic rings. The van der Waals surface area contributed by atoms with Gasteiger partial charge < -0.3 is 16.0 Å². The molecule has 7 nitrogen and oxygen atoms in total. The molecule has 3 N–H and O–H groups in total. The summed E-state index contributed by atoms with van der Waals surface area (Å²) < 4.78 is 0. The van der Waals surface area contributed by atoms with Crippen molar-refractivity contribution in [3.8, 4) is 0 Å². The van der Waals surface area contributed by atoms with E-state index < -0.39 is 23.3 Å². The zero-order valence-corrected chi connectivity index (χ0v) is 16.9. The fourth-order valence-electron chi connectivity index (χ4n) is 3.83. The summed E-state index contributed by atoms with van der Waals surface area (Å²) >= 11 is 0. The highest BCUT2D eigenvalue weighted by atomic mass is 16.2. The first-order valence-electron chi connectivity index (χ1n) is 9.67. The monoisotopic (exact) mass is 394 g/mol. The Morgan fingerprint density at radius 2 is 1.93 bits per heavy atom. The number of nitrogens with one attached hydrogen (secondary N) is 1. The van der Waals surface area contributed by atoms with Crippen LogP contribution in [0.4, 0.5) is 5.69 Å². The van der Waals surface area contributed by atoms with Gasteiger partial charge in [0, 0.05) is 6.54 Å². The number of rotatable bonds is 3. The van der Waals surface area contributed by atoms with E-state index in [0.717, 1.165) is 18.4 Å². The van der Waals surface area contributed by atoms with Gasteiger partial charge in [0.2, 0.25) is 0 Å². The third kappa shape index (κ3) is 4.13. The molecule has 2 heterocycles. The quantitative estimate of drug-likeness (QED) is 0.781. The van der Waals surface area contributed by atoms with E-state index >= 15 is 0 Å². The number of aryl methyl sites for hydroxylation is 1. The topological polar surface area (TPSA) is 105 Å². The zero-order valence-electron chi connectivity index (χ0n) is 16.9. The van der Waals surface area contributed by atoms with Crippen molar-refractivity contribution in [3.63, 3.8) is 0 Å². The molecular formula is C22H26N4O3. The molecule has 0 aliphatic carbocycles. The summed E-state index contributed by atoms with van der Waals surface area (Å²) in [6.07, 6.45) is 3.15. The van der Waals surface area contributed by atoms with Crippen LogP contribution in [0.15, 0.2) is 42.6 Å². The van der Waals surface area contributed by atoms with Crippen LogP contribution >= 0.6 is 0 Å². The predicted octanol–water partition coefficient (Wildman–Crippen LogP) is 2.60. The molecule has 1 fully saturated rings. The number of aromatic nitrogens is 1. The molecule has 3 rings (SSSR count). The van der Waals surface area contributed by atoms with Crippen molar-refractivity contribution < 1.29 is 14.4 Å². The number of primary amides is 1. The van der Waals surface area contributed by atoms with Gasteiger partial charge in [-0.2, -0.15) is 0 Å². The number of benzene rings is 1. The lowest BCUT2D eigenvalue weighted by molar-refractivity contribution is -0.150. The summed E-state index contributed by atoms with van der Waals surface area (Å²) in [6, 6.07) is 11.2. The molecule has 29 heavy (non-hydrogen) atoms. The molecule has 2 atom stereocenters. The Morgan fingerprint density at radius 3 is 2.59 bits per heavy atom. The van der Waals surface area contributed by atoms with Gasteiger partial charge in [-0.3, -0.25) is 19.4 Å². The SMILES string of the molecule is Cc1ncc(NC(=O)C(=O)N2C[C@@H](C)CC[C@@]2(C)c2ccccc2)cc1C(N)=O.